The molecule has 1 unspecified atom stereocenters. The highest BCUT2D eigenvalue weighted by Gasteiger charge is 2.23. The maximum absolute atomic E-state index is 12.1. The lowest BCUT2D eigenvalue weighted by atomic mass is 10.1. The Morgan fingerprint density at radius 3 is 2.80 bits per heavy atom. The third kappa shape index (κ3) is 3.31. The Bertz CT molecular complexity index is 658. The summed E-state index contributed by atoms with van der Waals surface area (Å²) in [6.07, 6.45) is 2.64. The molecule has 0 aliphatic carbocycles. The van der Waals surface area contributed by atoms with Crippen molar-refractivity contribution in [2.75, 3.05) is 6.54 Å². The van der Waals surface area contributed by atoms with Crippen molar-refractivity contribution in [3.63, 3.8) is 0 Å². The van der Waals surface area contributed by atoms with Gasteiger partial charge >= 0.3 is 0 Å². The number of halogens is 2. The van der Waals surface area contributed by atoms with Gasteiger partial charge in [0, 0.05) is 12.1 Å². The van der Waals surface area contributed by atoms with Crippen LogP contribution in [0.15, 0.2) is 38.7 Å². The smallest absolute Gasteiger partial charge is 0.237 e. The molecule has 2 rings (SSSR count). The highest BCUT2D eigenvalue weighted by atomic mass is 35.5. The first-order valence-corrected chi connectivity index (χ1v) is 8.20. The molecule has 1 aliphatic heterocycles. The second-order valence-corrected chi connectivity index (χ2v) is 6.60. The highest BCUT2D eigenvalue weighted by Crippen LogP contribution is 2.23. The molecule has 0 fully saturated rings. The molecule has 20 heavy (non-hydrogen) atoms. The second-order valence-electron chi connectivity index (χ2n) is 4.28. The fourth-order valence-corrected chi connectivity index (χ4v) is 3.47. The summed E-state index contributed by atoms with van der Waals surface area (Å²) >= 11 is 11.8. The van der Waals surface area contributed by atoms with Crippen molar-refractivity contribution in [1.82, 2.24) is 5.01 Å². The van der Waals surface area contributed by atoms with Crippen LogP contribution in [0.4, 0.5) is 0 Å². The molecule has 108 valence electrons. The van der Waals surface area contributed by atoms with E-state index >= 15 is 0 Å². The Morgan fingerprint density at radius 2 is 2.20 bits per heavy atom. The molecule has 8 heteroatoms. The van der Waals surface area contributed by atoms with Gasteiger partial charge in [0.25, 0.3) is 10.0 Å². The van der Waals surface area contributed by atoms with Gasteiger partial charge in [0.1, 0.15) is 4.90 Å². The van der Waals surface area contributed by atoms with Gasteiger partial charge in [-0.3, -0.25) is 0 Å². The van der Waals surface area contributed by atoms with Crippen LogP contribution in [-0.2, 0) is 10.0 Å². The van der Waals surface area contributed by atoms with Gasteiger partial charge in [0.2, 0.25) is 5.29 Å². The zero-order chi connectivity index (χ0) is 14.8. The number of nitrogens with zero attached hydrogens (tertiary/aromatic N) is 3. The first-order valence-electron chi connectivity index (χ1n) is 6.00. The number of hydrazone groups is 1. The Morgan fingerprint density at radius 1 is 1.50 bits per heavy atom. The Kier molecular flexibility index (Phi) is 4.67. The summed E-state index contributed by atoms with van der Waals surface area (Å²) in [6, 6.07) is 6.08. The van der Waals surface area contributed by atoms with Gasteiger partial charge in [-0.05, 0) is 30.2 Å². The number of rotatable bonds is 3. The normalized spacial score (nSPS) is 19.6. The topological polar surface area (TPSA) is 62.1 Å². The van der Waals surface area contributed by atoms with Crippen LogP contribution >= 0.6 is 23.2 Å². The first kappa shape index (κ1) is 15.3. The summed E-state index contributed by atoms with van der Waals surface area (Å²) in [7, 11) is -3.94. The van der Waals surface area contributed by atoms with Crippen molar-refractivity contribution in [1.29, 1.82) is 0 Å². The second kappa shape index (κ2) is 6.11. The molecular formula is C12H13Cl2N3O2S. The summed E-state index contributed by atoms with van der Waals surface area (Å²) in [5.41, 5.74) is 0. The van der Waals surface area contributed by atoms with Crippen LogP contribution in [0.2, 0.25) is 5.02 Å². The maximum atomic E-state index is 12.1. The minimum Gasteiger partial charge on any atom is -0.237 e. The summed E-state index contributed by atoms with van der Waals surface area (Å²) in [6.45, 7) is 2.54. The molecule has 0 saturated carbocycles. The van der Waals surface area contributed by atoms with Gasteiger partial charge in [-0.25, -0.2) is 5.01 Å². The third-order valence-electron chi connectivity index (χ3n) is 2.87. The molecule has 1 aromatic rings. The largest absolute Gasteiger partial charge is 0.286 e. The molecule has 1 aliphatic rings. The van der Waals surface area contributed by atoms with E-state index in [1.165, 1.54) is 17.1 Å². The van der Waals surface area contributed by atoms with E-state index in [-0.39, 0.29) is 21.1 Å². The molecule has 1 heterocycles. The Labute approximate surface area is 128 Å². The number of amidine groups is 1. The first-order chi connectivity index (χ1) is 9.44. The minimum atomic E-state index is -3.94. The lowest BCUT2D eigenvalue weighted by molar-refractivity contribution is 0.447. The van der Waals surface area contributed by atoms with Crippen molar-refractivity contribution in [2.24, 2.45) is 15.4 Å². The molecule has 0 spiro atoms. The van der Waals surface area contributed by atoms with Crippen LogP contribution in [0.5, 0.6) is 0 Å². The van der Waals surface area contributed by atoms with Crippen LogP contribution in [-0.4, -0.2) is 31.5 Å². The van der Waals surface area contributed by atoms with Gasteiger partial charge in [-0.2, -0.15) is 13.5 Å². The van der Waals surface area contributed by atoms with Crippen molar-refractivity contribution >= 4 is 44.7 Å². The van der Waals surface area contributed by atoms with E-state index in [2.05, 4.69) is 9.50 Å². The number of hydrogen-bond donors (Lipinski definition) is 0. The van der Waals surface area contributed by atoms with Gasteiger partial charge in [0.15, 0.2) is 0 Å². The molecule has 0 bridgehead atoms. The van der Waals surface area contributed by atoms with Crippen LogP contribution in [0.3, 0.4) is 0 Å². The third-order valence-corrected chi connectivity index (χ3v) is 5.02. The molecule has 0 radical (unpaired) electrons. The molecule has 5 nitrogen and oxygen atoms in total. The van der Waals surface area contributed by atoms with E-state index in [1.807, 2.05) is 6.92 Å². The van der Waals surface area contributed by atoms with Crippen LogP contribution < -0.4 is 0 Å². The fourth-order valence-electron chi connectivity index (χ4n) is 1.70. The molecular weight excluding hydrogens is 321 g/mol. The average Bonchev–Trinajstić information content (AvgIpc) is 2.87. The summed E-state index contributed by atoms with van der Waals surface area (Å²) in [5.74, 6) is 0.252. The van der Waals surface area contributed by atoms with Gasteiger partial charge < -0.3 is 0 Å². The van der Waals surface area contributed by atoms with Crippen LogP contribution in [0, 0.1) is 5.92 Å². The Balaban J connectivity index is 2.26. The maximum Gasteiger partial charge on any atom is 0.286 e. The van der Waals surface area contributed by atoms with E-state index < -0.39 is 10.0 Å². The van der Waals surface area contributed by atoms with Crippen LogP contribution in [0.1, 0.15) is 13.3 Å². The van der Waals surface area contributed by atoms with Gasteiger partial charge in [-0.15, -0.1) is 4.40 Å². The number of sulfonamides is 1. The van der Waals surface area contributed by atoms with Crippen LogP contribution in [0.25, 0.3) is 0 Å². The number of benzene rings is 1. The molecule has 1 atom stereocenters. The zero-order valence-electron chi connectivity index (χ0n) is 10.7. The molecule has 0 amide bonds. The van der Waals surface area contributed by atoms with Crippen molar-refractivity contribution in [2.45, 2.75) is 18.2 Å². The lowest BCUT2D eigenvalue weighted by Gasteiger charge is -2.12. The standard InChI is InChI=1S/C12H13Cl2N3O2S/c1-2-9-7-15-17(8-9)12(14)16-20(18,19)11-6-4-3-5-10(11)13/h3-7,9H,2,8H2,1H3/b16-12+. The van der Waals surface area contributed by atoms with E-state index in [1.54, 1.807) is 18.3 Å². The monoisotopic (exact) mass is 333 g/mol. The predicted molar refractivity (Wildman–Crippen MR) is 80.9 cm³/mol. The van der Waals surface area contributed by atoms with Crippen molar-refractivity contribution in [3.05, 3.63) is 29.3 Å². The quantitative estimate of drug-likeness (QED) is 0.485. The van der Waals surface area contributed by atoms with E-state index in [0.29, 0.717) is 6.54 Å². The van der Waals surface area contributed by atoms with Gasteiger partial charge in [-0.1, -0.05) is 30.7 Å². The van der Waals surface area contributed by atoms with E-state index in [4.69, 9.17) is 23.2 Å². The number of hydrogen-bond acceptors (Lipinski definition) is 3. The highest BCUT2D eigenvalue weighted by molar-refractivity contribution is 7.90. The molecule has 0 aromatic heterocycles. The minimum absolute atomic E-state index is 0.0740. The average molecular weight is 334 g/mol. The Hall–Kier alpha value is -1.11. The molecule has 1 aromatic carbocycles. The van der Waals surface area contributed by atoms with Crippen molar-refractivity contribution in [3.8, 4) is 0 Å². The van der Waals surface area contributed by atoms with E-state index in [9.17, 15) is 8.42 Å². The zero-order valence-corrected chi connectivity index (χ0v) is 13.0. The van der Waals surface area contributed by atoms with E-state index in [0.717, 1.165) is 6.42 Å². The SMILES string of the molecule is CCC1C=NN(/C(Cl)=N/S(=O)(=O)c2ccccc2Cl)C1. The lowest BCUT2D eigenvalue weighted by Crippen LogP contribution is -2.23. The summed E-state index contributed by atoms with van der Waals surface area (Å²) in [5, 5.41) is 5.33. The summed E-state index contributed by atoms with van der Waals surface area (Å²) < 4.78 is 27.8. The predicted octanol–water partition coefficient (Wildman–Crippen LogP) is 2.95. The molecule has 0 N–H and O–H groups in total. The molecule has 0 saturated heterocycles. The summed E-state index contributed by atoms with van der Waals surface area (Å²) in [4.78, 5) is -0.0740. The van der Waals surface area contributed by atoms with Gasteiger partial charge in [0.05, 0.1) is 11.6 Å². The fraction of sp³-hybridized carbons (Fsp3) is 0.333. The van der Waals surface area contributed by atoms with Crippen molar-refractivity contribution < 1.29 is 8.42 Å².